The summed E-state index contributed by atoms with van der Waals surface area (Å²) in [5.74, 6) is -1.08. The number of hydrogen-bond acceptors (Lipinski definition) is 3. The van der Waals surface area contributed by atoms with E-state index in [1.54, 1.807) is 0 Å². The number of carbonyl (C=O) groups excluding carboxylic acids is 2. The van der Waals surface area contributed by atoms with Crippen LogP contribution in [0.15, 0.2) is 24.3 Å². The Balaban J connectivity index is 2.59. The van der Waals surface area contributed by atoms with E-state index >= 15 is 0 Å². The fraction of sp³-hybridized carbons (Fsp3) is 0.529. The molecule has 140 valence electrons. The molecule has 0 saturated carbocycles. The maximum Gasteiger partial charge on any atom is 0.416 e. The largest absolute Gasteiger partial charge is 0.416 e. The fourth-order valence-corrected chi connectivity index (χ4v) is 2.17. The van der Waals surface area contributed by atoms with Crippen LogP contribution in [0.4, 0.5) is 13.2 Å². The Bertz CT molecular complexity index is 593. The minimum atomic E-state index is -4.47. The van der Waals surface area contributed by atoms with Gasteiger partial charge < -0.3 is 15.7 Å². The van der Waals surface area contributed by atoms with E-state index in [2.05, 4.69) is 10.6 Å². The predicted octanol–water partition coefficient (Wildman–Crippen LogP) is 2.35. The number of aliphatic hydroxyl groups excluding tert-OH is 1. The number of hydrogen-bond donors (Lipinski definition) is 3. The number of halogens is 3. The van der Waals surface area contributed by atoms with Gasteiger partial charge >= 0.3 is 6.18 Å². The molecular weight excluding hydrogens is 337 g/mol. The maximum atomic E-state index is 12.5. The van der Waals surface area contributed by atoms with Crippen molar-refractivity contribution in [3.63, 3.8) is 0 Å². The van der Waals surface area contributed by atoms with E-state index in [1.807, 2.05) is 20.8 Å². The van der Waals surface area contributed by atoms with Crippen molar-refractivity contribution in [2.75, 3.05) is 13.2 Å². The average molecular weight is 360 g/mol. The van der Waals surface area contributed by atoms with Gasteiger partial charge in [0.25, 0.3) is 5.91 Å². The van der Waals surface area contributed by atoms with Crippen molar-refractivity contribution in [2.24, 2.45) is 5.41 Å². The SMILES string of the molecule is CC(C)(C)C(CCO)NC(=O)CNC(=O)c1ccc(C(F)(F)F)cc1. The lowest BCUT2D eigenvalue weighted by Gasteiger charge is -2.31. The van der Waals surface area contributed by atoms with Crippen LogP contribution in [-0.4, -0.2) is 36.1 Å². The number of rotatable bonds is 6. The Kier molecular flexibility index (Phi) is 6.98. The molecular formula is C17H23F3N2O3. The zero-order valence-corrected chi connectivity index (χ0v) is 14.4. The van der Waals surface area contributed by atoms with Gasteiger partial charge in [0.2, 0.25) is 5.91 Å². The first-order valence-corrected chi connectivity index (χ1v) is 7.81. The van der Waals surface area contributed by atoms with Gasteiger partial charge in [0.05, 0.1) is 12.1 Å². The minimum Gasteiger partial charge on any atom is -0.396 e. The molecule has 0 aliphatic rings. The Hall–Kier alpha value is -2.09. The lowest BCUT2D eigenvalue weighted by molar-refractivity contribution is -0.137. The summed E-state index contributed by atoms with van der Waals surface area (Å²) in [6.45, 7) is 5.34. The molecule has 0 aromatic heterocycles. The predicted molar refractivity (Wildman–Crippen MR) is 86.9 cm³/mol. The van der Waals surface area contributed by atoms with Crippen molar-refractivity contribution < 1.29 is 27.9 Å². The molecule has 0 aliphatic heterocycles. The van der Waals surface area contributed by atoms with Crippen LogP contribution in [0.5, 0.6) is 0 Å². The number of benzene rings is 1. The summed E-state index contributed by atoms with van der Waals surface area (Å²) in [5.41, 5.74) is -1.09. The Labute approximate surface area is 144 Å². The third-order valence-electron chi connectivity index (χ3n) is 3.68. The molecule has 25 heavy (non-hydrogen) atoms. The highest BCUT2D eigenvalue weighted by molar-refractivity contribution is 5.96. The van der Waals surface area contributed by atoms with E-state index in [1.165, 1.54) is 0 Å². The highest BCUT2D eigenvalue weighted by atomic mass is 19.4. The second-order valence-corrected chi connectivity index (χ2v) is 6.76. The number of nitrogens with one attached hydrogen (secondary N) is 2. The molecule has 0 bridgehead atoms. The van der Waals surface area contributed by atoms with E-state index in [0.29, 0.717) is 6.42 Å². The molecule has 5 nitrogen and oxygen atoms in total. The molecule has 3 N–H and O–H groups in total. The number of alkyl halides is 3. The molecule has 1 rings (SSSR count). The standard InChI is InChI=1S/C17H23F3N2O3/c1-16(2,3)13(8-9-23)22-14(24)10-21-15(25)11-4-6-12(7-5-11)17(18,19)20/h4-7,13,23H,8-10H2,1-3H3,(H,21,25)(H,22,24). The highest BCUT2D eigenvalue weighted by Crippen LogP contribution is 2.29. The van der Waals surface area contributed by atoms with Gasteiger partial charge in [0, 0.05) is 18.2 Å². The summed E-state index contributed by atoms with van der Waals surface area (Å²) in [5, 5.41) is 14.2. The van der Waals surface area contributed by atoms with Crippen LogP contribution in [-0.2, 0) is 11.0 Å². The van der Waals surface area contributed by atoms with E-state index < -0.39 is 23.6 Å². The molecule has 0 fully saturated rings. The average Bonchev–Trinajstić information content (AvgIpc) is 2.50. The molecule has 0 radical (unpaired) electrons. The molecule has 0 aliphatic carbocycles. The third kappa shape index (κ3) is 6.74. The topological polar surface area (TPSA) is 78.4 Å². The Morgan fingerprint density at radius 1 is 1.12 bits per heavy atom. The lowest BCUT2D eigenvalue weighted by Crippen LogP contribution is -2.47. The van der Waals surface area contributed by atoms with Gasteiger partial charge in [0.1, 0.15) is 0 Å². The number of aliphatic hydroxyl groups is 1. The van der Waals surface area contributed by atoms with Gasteiger partial charge in [-0.15, -0.1) is 0 Å². The van der Waals surface area contributed by atoms with Crippen molar-refractivity contribution in [1.29, 1.82) is 0 Å². The quantitative estimate of drug-likeness (QED) is 0.729. The van der Waals surface area contributed by atoms with Gasteiger partial charge in [-0.3, -0.25) is 9.59 Å². The lowest BCUT2D eigenvalue weighted by atomic mass is 9.85. The summed E-state index contributed by atoms with van der Waals surface area (Å²) in [6, 6.07) is 3.46. The molecule has 1 atom stereocenters. The summed E-state index contributed by atoms with van der Waals surface area (Å²) < 4.78 is 37.5. The van der Waals surface area contributed by atoms with Gasteiger partial charge in [-0.1, -0.05) is 20.8 Å². The van der Waals surface area contributed by atoms with Crippen LogP contribution in [0.2, 0.25) is 0 Å². The van der Waals surface area contributed by atoms with Gasteiger partial charge in [0.15, 0.2) is 0 Å². The zero-order valence-electron chi connectivity index (χ0n) is 14.4. The summed E-state index contributed by atoms with van der Waals surface area (Å²) >= 11 is 0. The van der Waals surface area contributed by atoms with E-state index in [0.717, 1.165) is 24.3 Å². The van der Waals surface area contributed by atoms with Crippen LogP contribution in [0.3, 0.4) is 0 Å². The molecule has 0 spiro atoms. The molecule has 0 saturated heterocycles. The molecule has 1 aromatic rings. The fourth-order valence-electron chi connectivity index (χ4n) is 2.17. The first-order valence-electron chi connectivity index (χ1n) is 7.81. The normalized spacial score (nSPS) is 13.2. The third-order valence-corrected chi connectivity index (χ3v) is 3.68. The monoisotopic (exact) mass is 360 g/mol. The number of carbonyl (C=O) groups is 2. The van der Waals surface area contributed by atoms with Gasteiger partial charge in [-0.05, 0) is 36.1 Å². The van der Waals surface area contributed by atoms with Crippen LogP contribution >= 0.6 is 0 Å². The van der Waals surface area contributed by atoms with Crippen molar-refractivity contribution in [3.05, 3.63) is 35.4 Å². The van der Waals surface area contributed by atoms with E-state index in [-0.39, 0.29) is 30.2 Å². The van der Waals surface area contributed by atoms with Crippen LogP contribution < -0.4 is 10.6 Å². The molecule has 1 unspecified atom stereocenters. The van der Waals surface area contributed by atoms with Crippen LogP contribution in [0, 0.1) is 5.41 Å². The first kappa shape index (κ1) is 21.0. The maximum absolute atomic E-state index is 12.5. The van der Waals surface area contributed by atoms with Crippen LogP contribution in [0.1, 0.15) is 43.1 Å². The van der Waals surface area contributed by atoms with Crippen LogP contribution in [0.25, 0.3) is 0 Å². The van der Waals surface area contributed by atoms with Crippen molar-refractivity contribution in [2.45, 2.75) is 39.4 Å². The Morgan fingerprint density at radius 2 is 1.68 bits per heavy atom. The Morgan fingerprint density at radius 3 is 2.12 bits per heavy atom. The second kappa shape index (κ2) is 8.33. The second-order valence-electron chi connectivity index (χ2n) is 6.76. The van der Waals surface area contributed by atoms with Gasteiger partial charge in [-0.25, -0.2) is 0 Å². The molecule has 2 amide bonds. The summed E-state index contributed by atoms with van der Waals surface area (Å²) in [4.78, 5) is 23.8. The summed E-state index contributed by atoms with van der Waals surface area (Å²) in [7, 11) is 0. The zero-order chi connectivity index (χ0) is 19.3. The highest BCUT2D eigenvalue weighted by Gasteiger charge is 2.30. The first-order chi connectivity index (χ1) is 11.4. The minimum absolute atomic E-state index is 0.0310. The smallest absolute Gasteiger partial charge is 0.396 e. The van der Waals surface area contributed by atoms with E-state index in [9.17, 15) is 22.8 Å². The molecule has 1 aromatic carbocycles. The van der Waals surface area contributed by atoms with Crippen molar-refractivity contribution >= 4 is 11.8 Å². The molecule has 8 heteroatoms. The van der Waals surface area contributed by atoms with E-state index in [4.69, 9.17) is 5.11 Å². The summed E-state index contributed by atoms with van der Waals surface area (Å²) in [6.07, 6.45) is -4.09. The van der Waals surface area contributed by atoms with Crippen molar-refractivity contribution in [1.82, 2.24) is 10.6 Å². The molecule has 0 heterocycles. The number of amides is 2. The van der Waals surface area contributed by atoms with Gasteiger partial charge in [-0.2, -0.15) is 13.2 Å². The van der Waals surface area contributed by atoms with Crippen molar-refractivity contribution in [3.8, 4) is 0 Å².